The Hall–Kier alpha value is -0.0800. The van der Waals surface area contributed by atoms with Gasteiger partial charge >= 0.3 is 0 Å². The van der Waals surface area contributed by atoms with Gasteiger partial charge in [-0.05, 0) is 38.5 Å². The maximum absolute atomic E-state index is 9.47. The number of nitrogens with one attached hydrogen (secondary N) is 1. The molecule has 0 aromatic heterocycles. The summed E-state index contributed by atoms with van der Waals surface area (Å²) in [6.45, 7) is 6.79. The molecule has 0 aromatic rings. The van der Waals surface area contributed by atoms with Gasteiger partial charge in [-0.25, -0.2) is 0 Å². The first kappa shape index (κ1) is 14.0. The predicted molar refractivity (Wildman–Crippen MR) is 69.6 cm³/mol. The van der Waals surface area contributed by atoms with Crippen molar-refractivity contribution in [3.05, 3.63) is 0 Å². The highest BCUT2D eigenvalue weighted by molar-refractivity contribution is 4.88. The van der Waals surface area contributed by atoms with Crippen molar-refractivity contribution in [2.24, 2.45) is 5.92 Å². The summed E-state index contributed by atoms with van der Waals surface area (Å²) in [5.41, 5.74) is -0.0852. The second-order valence-electron chi connectivity index (χ2n) is 5.63. The van der Waals surface area contributed by atoms with Crippen LogP contribution in [0.25, 0.3) is 0 Å². The van der Waals surface area contributed by atoms with Crippen LogP contribution in [0.2, 0.25) is 0 Å². The normalized spacial score (nSPS) is 24.0. The van der Waals surface area contributed by atoms with Gasteiger partial charge in [-0.1, -0.05) is 33.1 Å². The molecule has 0 aliphatic heterocycles. The van der Waals surface area contributed by atoms with Crippen molar-refractivity contribution in [1.82, 2.24) is 5.32 Å². The van der Waals surface area contributed by atoms with Gasteiger partial charge in [0.15, 0.2) is 0 Å². The van der Waals surface area contributed by atoms with Crippen LogP contribution >= 0.6 is 0 Å². The van der Waals surface area contributed by atoms with E-state index in [2.05, 4.69) is 26.1 Å². The molecule has 1 aliphatic carbocycles. The minimum Gasteiger partial charge on any atom is -0.394 e. The van der Waals surface area contributed by atoms with Crippen LogP contribution < -0.4 is 5.32 Å². The van der Waals surface area contributed by atoms with E-state index in [9.17, 15) is 5.11 Å². The molecule has 1 fully saturated rings. The van der Waals surface area contributed by atoms with Crippen molar-refractivity contribution in [2.75, 3.05) is 6.61 Å². The SMILES string of the molecule is CCC(NC(C)(CC)CO)C1CCCCC1. The smallest absolute Gasteiger partial charge is 0.0610 e. The highest BCUT2D eigenvalue weighted by Crippen LogP contribution is 2.29. The van der Waals surface area contributed by atoms with Crippen LogP contribution in [0.5, 0.6) is 0 Å². The topological polar surface area (TPSA) is 32.3 Å². The Bertz CT molecular complexity index is 183. The number of aliphatic hydroxyl groups excluding tert-OH is 1. The van der Waals surface area contributed by atoms with Gasteiger partial charge in [-0.3, -0.25) is 0 Å². The average molecular weight is 227 g/mol. The molecule has 2 nitrogen and oxygen atoms in total. The van der Waals surface area contributed by atoms with Gasteiger partial charge < -0.3 is 10.4 Å². The first-order valence-corrected chi connectivity index (χ1v) is 7.03. The van der Waals surface area contributed by atoms with Crippen molar-refractivity contribution in [2.45, 2.75) is 77.3 Å². The molecule has 0 radical (unpaired) electrons. The lowest BCUT2D eigenvalue weighted by atomic mass is 9.81. The number of hydrogen-bond acceptors (Lipinski definition) is 2. The van der Waals surface area contributed by atoms with Gasteiger partial charge in [-0.15, -0.1) is 0 Å². The van der Waals surface area contributed by atoms with E-state index in [1.807, 2.05) is 0 Å². The van der Waals surface area contributed by atoms with Gasteiger partial charge in [0.1, 0.15) is 0 Å². The minimum absolute atomic E-state index is 0.0852. The molecule has 1 saturated carbocycles. The maximum Gasteiger partial charge on any atom is 0.0610 e. The summed E-state index contributed by atoms with van der Waals surface area (Å²) < 4.78 is 0. The summed E-state index contributed by atoms with van der Waals surface area (Å²) in [5, 5.41) is 13.2. The third-order valence-electron chi connectivity index (χ3n) is 4.32. The molecule has 0 amide bonds. The lowest BCUT2D eigenvalue weighted by Gasteiger charge is -2.38. The molecule has 1 aliphatic rings. The molecule has 96 valence electrons. The van der Waals surface area contributed by atoms with Crippen molar-refractivity contribution < 1.29 is 5.11 Å². The Morgan fingerprint density at radius 3 is 2.31 bits per heavy atom. The molecule has 2 atom stereocenters. The van der Waals surface area contributed by atoms with Crippen LogP contribution in [0.4, 0.5) is 0 Å². The largest absolute Gasteiger partial charge is 0.394 e. The van der Waals surface area contributed by atoms with Gasteiger partial charge in [0.25, 0.3) is 0 Å². The average Bonchev–Trinajstić information content (AvgIpc) is 2.36. The molecule has 0 saturated heterocycles. The second kappa shape index (κ2) is 6.61. The van der Waals surface area contributed by atoms with E-state index in [-0.39, 0.29) is 12.1 Å². The first-order chi connectivity index (χ1) is 7.65. The highest BCUT2D eigenvalue weighted by Gasteiger charge is 2.29. The summed E-state index contributed by atoms with van der Waals surface area (Å²) in [5.74, 6) is 0.830. The van der Waals surface area contributed by atoms with Crippen LogP contribution in [0.1, 0.15) is 65.7 Å². The Morgan fingerprint density at radius 2 is 1.88 bits per heavy atom. The van der Waals surface area contributed by atoms with E-state index in [4.69, 9.17) is 0 Å². The molecule has 0 heterocycles. The molecule has 1 rings (SSSR count). The fourth-order valence-electron chi connectivity index (χ4n) is 2.80. The molecule has 2 unspecified atom stereocenters. The Balaban J connectivity index is 2.52. The molecule has 0 spiro atoms. The minimum atomic E-state index is -0.0852. The van der Waals surface area contributed by atoms with E-state index >= 15 is 0 Å². The number of rotatable bonds is 6. The number of aliphatic hydroxyl groups is 1. The summed E-state index contributed by atoms with van der Waals surface area (Å²) in [4.78, 5) is 0. The fourth-order valence-corrected chi connectivity index (χ4v) is 2.80. The maximum atomic E-state index is 9.47. The molecule has 0 bridgehead atoms. The summed E-state index contributed by atoms with van der Waals surface area (Å²) in [6.07, 6.45) is 9.12. The molecule has 2 N–H and O–H groups in total. The van der Waals surface area contributed by atoms with Gasteiger partial charge in [0.2, 0.25) is 0 Å². The van der Waals surface area contributed by atoms with Crippen molar-refractivity contribution in [3.63, 3.8) is 0 Å². The standard InChI is InChI=1S/C14H29NO/c1-4-13(12-9-7-6-8-10-12)15-14(3,5-2)11-16/h12-13,15-16H,4-11H2,1-3H3. The zero-order valence-corrected chi connectivity index (χ0v) is 11.3. The van der Waals surface area contributed by atoms with E-state index in [1.54, 1.807) is 0 Å². The monoisotopic (exact) mass is 227 g/mol. The highest BCUT2D eigenvalue weighted by atomic mass is 16.3. The van der Waals surface area contributed by atoms with Crippen LogP contribution in [-0.2, 0) is 0 Å². The molecule has 2 heteroatoms. The lowest BCUT2D eigenvalue weighted by molar-refractivity contribution is 0.131. The second-order valence-corrected chi connectivity index (χ2v) is 5.63. The van der Waals surface area contributed by atoms with Gasteiger partial charge in [0, 0.05) is 11.6 Å². The van der Waals surface area contributed by atoms with E-state index in [0.29, 0.717) is 6.04 Å². The Morgan fingerprint density at radius 1 is 1.25 bits per heavy atom. The van der Waals surface area contributed by atoms with Crippen molar-refractivity contribution >= 4 is 0 Å². The van der Waals surface area contributed by atoms with Gasteiger partial charge in [-0.2, -0.15) is 0 Å². The van der Waals surface area contributed by atoms with Crippen LogP contribution in [0.3, 0.4) is 0 Å². The summed E-state index contributed by atoms with van der Waals surface area (Å²) in [7, 11) is 0. The van der Waals surface area contributed by atoms with Crippen LogP contribution in [-0.4, -0.2) is 23.3 Å². The van der Waals surface area contributed by atoms with Gasteiger partial charge in [0.05, 0.1) is 6.61 Å². The van der Waals surface area contributed by atoms with Crippen molar-refractivity contribution in [1.29, 1.82) is 0 Å². The van der Waals surface area contributed by atoms with Crippen LogP contribution in [0, 0.1) is 5.92 Å². The third-order valence-corrected chi connectivity index (χ3v) is 4.32. The summed E-state index contributed by atoms with van der Waals surface area (Å²) in [6, 6.07) is 0.595. The Labute approximate surface area is 101 Å². The van der Waals surface area contributed by atoms with E-state index in [1.165, 1.54) is 38.5 Å². The first-order valence-electron chi connectivity index (χ1n) is 7.03. The lowest BCUT2D eigenvalue weighted by Crippen LogP contribution is -2.52. The Kier molecular flexibility index (Phi) is 5.77. The quantitative estimate of drug-likeness (QED) is 0.731. The predicted octanol–water partition coefficient (Wildman–Crippen LogP) is 3.10. The van der Waals surface area contributed by atoms with E-state index in [0.717, 1.165) is 12.3 Å². The molecule has 0 aromatic carbocycles. The zero-order chi connectivity index (χ0) is 12.0. The van der Waals surface area contributed by atoms with E-state index < -0.39 is 0 Å². The molecular weight excluding hydrogens is 198 g/mol. The molecule has 16 heavy (non-hydrogen) atoms. The fraction of sp³-hybridized carbons (Fsp3) is 1.00. The number of hydrogen-bond donors (Lipinski definition) is 2. The third kappa shape index (κ3) is 3.74. The molecular formula is C14H29NO. The zero-order valence-electron chi connectivity index (χ0n) is 11.3. The van der Waals surface area contributed by atoms with Crippen molar-refractivity contribution in [3.8, 4) is 0 Å². The van der Waals surface area contributed by atoms with Crippen LogP contribution in [0.15, 0.2) is 0 Å². The summed E-state index contributed by atoms with van der Waals surface area (Å²) >= 11 is 0.